The fourth-order valence-electron chi connectivity index (χ4n) is 2.18. The average molecular weight is 306 g/mol. The molecule has 1 saturated carbocycles. The fraction of sp³-hybridized carbons (Fsp3) is 0.462. The number of hydrogen-bond acceptors (Lipinski definition) is 6. The highest BCUT2D eigenvalue weighted by Crippen LogP contribution is 2.30. The second kappa shape index (κ2) is 5.36. The van der Waals surface area contributed by atoms with E-state index >= 15 is 0 Å². The highest BCUT2D eigenvalue weighted by molar-refractivity contribution is 7.18. The van der Waals surface area contributed by atoms with Crippen LogP contribution in [0.2, 0.25) is 0 Å². The van der Waals surface area contributed by atoms with Crippen LogP contribution in [0.25, 0.3) is 0 Å². The van der Waals surface area contributed by atoms with Gasteiger partial charge in [-0.3, -0.25) is 9.48 Å². The monoisotopic (exact) mass is 306 g/mol. The quantitative estimate of drug-likeness (QED) is 0.802. The molecule has 112 valence electrons. The Kier molecular flexibility index (Phi) is 3.54. The van der Waals surface area contributed by atoms with Crippen LogP contribution in [-0.2, 0) is 7.05 Å². The van der Waals surface area contributed by atoms with Crippen molar-refractivity contribution >= 4 is 33.9 Å². The number of nitrogens with two attached hydrogens (primary N) is 1. The predicted octanol–water partition coefficient (Wildman–Crippen LogP) is 1.98. The van der Waals surface area contributed by atoms with Gasteiger partial charge in [0.05, 0.1) is 11.4 Å². The largest absolute Gasteiger partial charge is 0.382 e. The molecule has 1 fully saturated rings. The van der Waals surface area contributed by atoms with E-state index in [4.69, 9.17) is 5.73 Å². The van der Waals surface area contributed by atoms with E-state index in [-0.39, 0.29) is 11.7 Å². The van der Waals surface area contributed by atoms with E-state index < -0.39 is 0 Å². The molecule has 4 N–H and O–H groups in total. The van der Waals surface area contributed by atoms with Gasteiger partial charge < -0.3 is 16.4 Å². The molecule has 0 aromatic carbocycles. The number of nitrogens with zero attached hydrogens (tertiary/aromatic N) is 3. The summed E-state index contributed by atoms with van der Waals surface area (Å²) in [4.78, 5) is 17.0. The number of hydrogen-bond donors (Lipinski definition) is 3. The summed E-state index contributed by atoms with van der Waals surface area (Å²) in [6.45, 7) is 1.84. The Morgan fingerprint density at radius 2 is 2.29 bits per heavy atom. The number of aromatic nitrogens is 3. The molecule has 2 aromatic rings. The Bertz CT molecular complexity index is 672. The number of aryl methyl sites for hydroxylation is 2. The third-order valence-corrected chi connectivity index (χ3v) is 4.56. The minimum absolute atomic E-state index is 0.247. The molecular formula is C13H18N6OS. The van der Waals surface area contributed by atoms with Crippen molar-refractivity contribution in [3.05, 3.63) is 16.8 Å². The van der Waals surface area contributed by atoms with Gasteiger partial charge >= 0.3 is 0 Å². The first kappa shape index (κ1) is 13.9. The van der Waals surface area contributed by atoms with Crippen molar-refractivity contribution in [3.63, 3.8) is 0 Å². The molecule has 0 saturated heterocycles. The summed E-state index contributed by atoms with van der Waals surface area (Å²) in [5.74, 6) is 0.0172. The number of nitrogens with one attached hydrogen (secondary N) is 2. The van der Waals surface area contributed by atoms with E-state index in [1.807, 2.05) is 14.0 Å². The van der Waals surface area contributed by atoms with Gasteiger partial charge in [-0.1, -0.05) is 11.3 Å². The van der Waals surface area contributed by atoms with Crippen molar-refractivity contribution in [2.45, 2.75) is 32.2 Å². The molecule has 0 unspecified atom stereocenters. The van der Waals surface area contributed by atoms with Crippen LogP contribution < -0.4 is 16.4 Å². The number of nitrogen functional groups attached to an aromatic ring is 1. The van der Waals surface area contributed by atoms with E-state index in [0.717, 1.165) is 18.5 Å². The van der Waals surface area contributed by atoms with Crippen LogP contribution in [-0.4, -0.2) is 26.7 Å². The van der Waals surface area contributed by atoms with Crippen molar-refractivity contribution in [2.75, 3.05) is 16.4 Å². The highest BCUT2D eigenvalue weighted by Gasteiger charge is 2.22. The van der Waals surface area contributed by atoms with Crippen molar-refractivity contribution in [3.8, 4) is 0 Å². The van der Waals surface area contributed by atoms with Crippen molar-refractivity contribution in [1.29, 1.82) is 0 Å². The zero-order chi connectivity index (χ0) is 15.0. The van der Waals surface area contributed by atoms with E-state index in [1.54, 1.807) is 10.9 Å². The minimum atomic E-state index is -0.247. The summed E-state index contributed by atoms with van der Waals surface area (Å²) in [5.41, 5.74) is 7.30. The van der Waals surface area contributed by atoms with E-state index in [0.29, 0.717) is 21.7 Å². The molecule has 1 aliphatic carbocycles. The molecule has 0 bridgehead atoms. The lowest BCUT2D eigenvalue weighted by Gasteiger charge is -2.25. The summed E-state index contributed by atoms with van der Waals surface area (Å²) in [6, 6.07) is 0.465. The maximum absolute atomic E-state index is 12.3. The van der Waals surface area contributed by atoms with Gasteiger partial charge in [0.25, 0.3) is 5.91 Å². The van der Waals surface area contributed by atoms with Crippen LogP contribution in [0.1, 0.15) is 34.6 Å². The lowest BCUT2D eigenvalue weighted by molar-refractivity contribution is 0.103. The van der Waals surface area contributed by atoms with Crippen molar-refractivity contribution in [1.82, 2.24) is 14.8 Å². The van der Waals surface area contributed by atoms with Crippen LogP contribution in [0, 0.1) is 6.92 Å². The molecular weight excluding hydrogens is 288 g/mol. The molecule has 8 heteroatoms. The first-order valence-electron chi connectivity index (χ1n) is 6.87. The summed E-state index contributed by atoms with van der Waals surface area (Å²) >= 11 is 1.29. The number of anilines is 3. The Morgan fingerprint density at radius 1 is 1.52 bits per heavy atom. The van der Waals surface area contributed by atoms with Gasteiger partial charge in [0.1, 0.15) is 10.7 Å². The Labute approximate surface area is 126 Å². The van der Waals surface area contributed by atoms with E-state index in [9.17, 15) is 4.79 Å². The van der Waals surface area contributed by atoms with Gasteiger partial charge in [-0.25, -0.2) is 4.98 Å². The number of amides is 1. The summed E-state index contributed by atoms with van der Waals surface area (Å²) in [6.07, 6.45) is 5.30. The lowest BCUT2D eigenvalue weighted by Crippen LogP contribution is -2.26. The third kappa shape index (κ3) is 2.85. The molecule has 2 heterocycles. The van der Waals surface area contributed by atoms with Crippen molar-refractivity contribution < 1.29 is 4.79 Å². The molecule has 1 aliphatic rings. The second-order valence-corrected chi connectivity index (χ2v) is 6.26. The van der Waals surface area contributed by atoms with Gasteiger partial charge in [0.2, 0.25) is 0 Å². The molecule has 3 rings (SSSR count). The molecule has 0 spiro atoms. The highest BCUT2D eigenvalue weighted by atomic mass is 32.1. The third-order valence-electron chi connectivity index (χ3n) is 3.55. The SMILES string of the molecule is Cc1nn(C)cc1NC(=O)c1sc(NC2CCC2)nc1N. The second-order valence-electron chi connectivity index (χ2n) is 5.26. The molecule has 7 nitrogen and oxygen atoms in total. The Hall–Kier alpha value is -2.09. The lowest BCUT2D eigenvalue weighted by atomic mass is 9.93. The van der Waals surface area contributed by atoms with Gasteiger partial charge in [-0.05, 0) is 26.2 Å². The maximum atomic E-state index is 12.3. The van der Waals surface area contributed by atoms with Crippen LogP contribution in [0.15, 0.2) is 6.20 Å². The Morgan fingerprint density at radius 3 is 2.86 bits per heavy atom. The van der Waals surface area contributed by atoms with Gasteiger partial charge in [0.15, 0.2) is 5.13 Å². The minimum Gasteiger partial charge on any atom is -0.382 e. The predicted molar refractivity (Wildman–Crippen MR) is 83.7 cm³/mol. The molecule has 0 radical (unpaired) electrons. The van der Waals surface area contributed by atoms with Gasteiger partial charge in [-0.15, -0.1) is 0 Å². The zero-order valence-electron chi connectivity index (χ0n) is 12.0. The first-order chi connectivity index (χ1) is 10.0. The Balaban J connectivity index is 1.73. The first-order valence-corrected chi connectivity index (χ1v) is 7.69. The molecule has 2 aromatic heterocycles. The normalized spacial score (nSPS) is 14.8. The number of carbonyl (C=O) groups excluding carboxylic acids is 1. The molecule has 0 aliphatic heterocycles. The summed E-state index contributed by atoms with van der Waals surface area (Å²) in [5, 5.41) is 11.0. The van der Waals surface area contributed by atoms with E-state index in [1.165, 1.54) is 17.8 Å². The number of carbonyl (C=O) groups is 1. The van der Waals surface area contributed by atoms with Crippen LogP contribution >= 0.6 is 11.3 Å². The number of rotatable bonds is 4. The zero-order valence-corrected chi connectivity index (χ0v) is 12.8. The van der Waals surface area contributed by atoms with Crippen LogP contribution in [0.3, 0.4) is 0 Å². The van der Waals surface area contributed by atoms with Crippen molar-refractivity contribution in [2.24, 2.45) is 7.05 Å². The number of thiazole rings is 1. The van der Waals surface area contributed by atoms with Gasteiger partial charge in [0, 0.05) is 19.3 Å². The fourth-order valence-corrected chi connectivity index (χ4v) is 3.04. The summed E-state index contributed by atoms with van der Waals surface area (Å²) < 4.78 is 1.66. The molecule has 1 amide bonds. The van der Waals surface area contributed by atoms with Crippen LogP contribution in [0.5, 0.6) is 0 Å². The van der Waals surface area contributed by atoms with Crippen LogP contribution in [0.4, 0.5) is 16.6 Å². The average Bonchev–Trinajstić information content (AvgIpc) is 2.88. The topological polar surface area (TPSA) is 97.9 Å². The maximum Gasteiger partial charge on any atom is 0.269 e. The van der Waals surface area contributed by atoms with Gasteiger partial charge in [-0.2, -0.15) is 5.10 Å². The molecule has 21 heavy (non-hydrogen) atoms. The molecule has 0 atom stereocenters. The smallest absolute Gasteiger partial charge is 0.269 e. The standard InChI is InChI=1S/C13H18N6OS/c1-7-9(6-19(2)18-7)16-12(20)10-11(14)17-13(21-10)15-8-4-3-5-8/h6,8H,3-5,14H2,1-2H3,(H,15,17)(H,16,20). The summed E-state index contributed by atoms with van der Waals surface area (Å²) in [7, 11) is 1.81. The van der Waals surface area contributed by atoms with E-state index in [2.05, 4.69) is 20.7 Å².